The van der Waals surface area contributed by atoms with Gasteiger partial charge in [0, 0.05) is 11.3 Å². The lowest BCUT2D eigenvalue weighted by molar-refractivity contribution is 0.0600. The van der Waals surface area contributed by atoms with Crippen LogP contribution in [0.4, 0.5) is 5.69 Å². The molecule has 25 heavy (non-hydrogen) atoms. The molecule has 0 unspecified atom stereocenters. The van der Waals surface area contributed by atoms with Gasteiger partial charge in [0.25, 0.3) is 5.91 Å². The Labute approximate surface area is 150 Å². The second-order valence-electron chi connectivity index (χ2n) is 4.88. The van der Waals surface area contributed by atoms with Crippen LogP contribution in [0.3, 0.4) is 0 Å². The highest BCUT2D eigenvalue weighted by Crippen LogP contribution is 2.23. The number of methoxy groups -OCH3 is 1. The molecule has 0 atom stereocenters. The van der Waals surface area contributed by atoms with Gasteiger partial charge in [0.2, 0.25) is 10.0 Å². The summed E-state index contributed by atoms with van der Waals surface area (Å²) in [6.45, 7) is 0. The average Bonchev–Trinajstić information content (AvgIpc) is 2.61. The third kappa shape index (κ3) is 4.36. The zero-order valence-electron chi connectivity index (χ0n) is 13.4. The maximum absolute atomic E-state index is 12.3. The fourth-order valence-corrected chi connectivity index (χ4v) is 3.22. The molecule has 7 nitrogen and oxygen atoms in total. The summed E-state index contributed by atoms with van der Waals surface area (Å²) in [4.78, 5) is 23.5. The lowest BCUT2D eigenvalue weighted by atomic mass is 10.2. The van der Waals surface area contributed by atoms with Gasteiger partial charge in [-0.25, -0.2) is 17.9 Å². The lowest BCUT2D eigenvalue weighted by Crippen LogP contribution is -2.20. The van der Waals surface area contributed by atoms with E-state index in [-0.39, 0.29) is 15.5 Å². The van der Waals surface area contributed by atoms with Crippen molar-refractivity contribution in [1.29, 1.82) is 0 Å². The molecule has 9 heteroatoms. The number of esters is 1. The van der Waals surface area contributed by atoms with Crippen molar-refractivity contribution in [1.82, 2.24) is 4.72 Å². The quantitative estimate of drug-likeness (QED) is 0.772. The van der Waals surface area contributed by atoms with Crippen LogP contribution in [0.2, 0.25) is 5.02 Å². The van der Waals surface area contributed by atoms with Crippen LogP contribution in [0.25, 0.3) is 0 Å². The van der Waals surface area contributed by atoms with Crippen LogP contribution < -0.4 is 10.0 Å². The predicted octanol–water partition coefficient (Wildman–Crippen LogP) is 2.29. The predicted molar refractivity (Wildman–Crippen MR) is 93.4 cm³/mol. The molecule has 0 spiro atoms. The number of carbonyl (C=O) groups excluding carboxylic acids is 2. The van der Waals surface area contributed by atoms with E-state index in [2.05, 4.69) is 14.8 Å². The van der Waals surface area contributed by atoms with Crippen molar-refractivity contribution < 1.29 is 22.7 Å². The van der Waals surface area contributed by atoms with Crippen molar-refractivity contribution in [2.24, 2.45) is 0 Å². The second kappa shape index (κ2) is 7.64. The molecule has 0 aromatic heterocycles. The highest BCUT2D eigenvalue weighted by Gasteiger charge is 2.18. The van der Waals surface area contributed by atoms with Crippen LogP contribution in [0.15, 0.2) is 47.4 Å². The van der Waals surface area contributed by atoms with Gasteiger partial charge < -0.3 is 10.1 Å². The van der Waals surface area contributed by atoms with E-state index in [1.54, 1.807) is 0 Å². The van der Waals surface area contributed by atoms with Gasteiger partial charge >= 0.3 is 5.97 Å². The van der Waals surface area contributed by atoms with Gasteiger partial charge in [0.05, 0.1) is 17.7 Å². The Morgan fingerprint density at radius 1 is 1.04 bits per heavy atom. The molecule has 2 rings (SSSR count). The molecule has 0 bridgehead atoms. The smallest absolute Gasteiger partial charge is 0.337 e. The van der Waals surface area contributed by atoms with Gasteiger partial charge in [0.1, 0.15) is 4.90 Å². The van der Waals surface area contributed by atoms with Crippen molar-refractivity contribution >= 4 is 39.2 Å². The Kier molecular flexibility index (Phi) is 5.78. The maximum Gasteiger partial charge on any atom is 0.337 e. The minimum Gasteiger partial charge on any atom is -0.465 e. The number of halogens is 1. The van der Waals surface area contributed by atoms with Gasteiger partial charge in [0.15, 0.2) is 0 Å². The summed E-state index contributed by atoms with van der Waals surface area (Å²) < 4.78 is 30.6. The number of ether oxygens (including phenoxy) is 1. The van der Waals surface area contributed by atoms with E-state index < -0.39 is 21.9 Å². The molecule has 0 radical (unpaired) electrons. The molecule has 1 amide bonds. The summed E-state index contributed by atoms with van der Waals surface area (Å²) in [5, 5.41) is 2.62. The normalized spacial score (nSPS) is 11.0. The van der Waals surface area contributed by atoms with Crippen LogP contribution in [-0.2, 0) is 14.8 Å². The zero-order chi connectivity index (χ0) is 18.6. The van der Waals surface area contributed by atoms with E-state index in [1.165, 1.54) is 56.6 Å². The first kappa shape index (κ1) is 18.9. The molecule has 0 saturated carbocycles. The molecule has 0 aliphatic heterocycles. The molecule has 0 fully saturated rings. The summed E-state index contributed by atoms with van der Waals surface area (Å²) in [6.07, 6.45) is 0. The van der Waals surface area contributed by atoms with E-state index in [1.807, 2.05) is 0 Å². The van der Waals surface area contributed by atoms with E-state index in [0.29, 0.717) is 11.3 Å². The molecular weight excluding hydrogens is 368 g/mol. The number of amides is 1. The third-order valence-corrected chi connectivity index (χ3v) is 5.21. The van der Waals surface area contributed by atoms with Crippen LogP contribution in [0, 0.1) is 0 Å². The summed E-state index contributed by atoms with van der Waals surface area (Å²) in [5.74, 6) is -1.01. The van der Waals surface area contributed by atoms with Crippen molar-refractivity contribution in [3.63, 3.8) is 0 Å². The number of hydrogen-bond acceptors (Lipinski definition) is 5. The largest absolute Gasteiger partial charge is 0.465 e. The molecule has 2 aromatic rings. The van der Waals surface area contributed by atoms with Crippen LogP contribution >= 0.6 is 11.6 Å². The fraction of sp³-hybridized carbons (Fsp3) is 0.125. The van der Waals surface area contributed by atoms with Crippen LogP contribution in [0.1, 0.15) is 20.7 Å². The molecule has 2 aromatic carbocycles. The van der Waals surface area contributed by atoms with Gasteiger partial charge in [-0.05, 0) is 49.5 Å². The van der Waals surface area contributed by atoms with Crippen molar-refractivity contribution in [3.8, 4) is 0 Å². The lowest BCUT2D eigenvalue weighted by Gasteiger charge is -2.09. The Bertz CT molecular complexity index is 911. The minimum absolute atomic E-state index is 0.00771. The molecule has 2 N–H and O–H groups in total. The standard InChI is InChI=1S/C16H15ClN2O5S/c1-18-25(22,23)14-9-11(5-8-13(14)17)15(20)19-12-6-3-10(4-7-12)16(21)24-2/h3-9,18H,1-2H3,(H,19,20). The van der Waals surface area contributed by atoms with Crippen LogP contribution in [-0.4, -0.2) is 34.5 Å². The number of hydrogen-bond donors (Lipinski definition) is 2. The fourth-order valence-electron chi connectivity index (χ4n) is 1.97. The number of carbonyl (C=O) groups is 2. The van der Waals surface area contributed by atoms with E-state index >= 15 is 0 Å². The van der Waals surface area contributed by atoms with Crippen molar-refractivity contribution in [3.05, 3.63) is 58.6 Å². The molecule has 0 aliphatic carbocycles. The highest BCUT2D eigenvalue weighted by atomic mass is 35.5. The van der Waals surface area contributed by atoms with Crippen molar-refractivity contribution in [2.75, 3.05) is 19.5 Å². The SMILES string of the molecule is CNS(=O)(=O)c1cc(C(=O)Nc2ccc(C(=O)OC)cc2)ccc1Cl. The molecule has 0 saturated heterocycles. The van der Waals surface area contributed by atoms with Gasteiger partial charge in [-0.15, -0.1) is 0 Å². The second-order valence-corrected chi connectivity index (χ2v) is 7.14. The molecule has 0 aliphatic rings. The van der Waals surface area contributed by atoms with Gasteiger partial charge in [-0.1, -0.05) is 11.6 Å². The maximum atomic E-state index is 12.3. The molecular formula is C16H15ClN2O5S. The number of sulfonamides is 1. The Morgan fingerprint density at radius 3 is 2.20 bits per heavy atom. The summed E-state index contributed by atoms with van der Waals surface area (Å²) in [7, 11) is -1.26. The van der Waals surface area contributed by atoms with Crippen LogP contribution in [0.5, 0.6) is 0 Å². The molecule has 132 valence electrons. The van der Waals surface area contributed by atoms with Gasteiger partial charge in [-0.2, -0.15) is 0 Å². The number of rotatable bonds is 5. The summed E-state index contributed by atoms with van der Waals surface area (Å²) in [5.41, 5.74) is 0.898. The number of anilines is 1. The highest BCUT2D eigenvalue weighted by molar-refractivity contribution is 7.89. The minimum atomic E-state index is -3.79. The van der Waals surface area contributed by atoms with Crippen molar-refractivity contribution in [2.45, 2.75) is 4.90 Å². The number of benzene rings is 2. The van der Waals surface area contributed by atoms with E-state index in [0.717, 1.165) is 0 Å². The average molecular weight is 383 g/mol. The Balaban J connectivity index is 2.24. The summed E-state index contributed by atoms with van der Waals surface area (Å²) in [6, 6.07) is 10.00. The van der Waals surface area contributed by atoms with E-state index in [4.69, 9.17) is 11.6 Å². The third-order valence-electron chi connectivity index (χ3n) is 3.32. The van der Waals surface area contributed by atoms with Gasteiger partial charge in [-0.3, -0.25) is 4.79 Å². The first-order valence-corrected chi connectivity index (χ1v) is 8.87. The molecule has 0 heterocycles. The first-order chi connectivity index (χ1) is 11.8. The Morgan fingerprint density at radius 2 is 1.64 bits per heavy atom. The monoisotopic (exact) mass is 382 g/mol. The van der Waals surface area contributed by atoms with E-state index in [9.17, 15) is 18.0 Å². The summed E-state index contributed by atoms with van der Waals surface area (Å²) >= 11 is 5.89. The topological polar surface area (TPSA) is 102 Å². The number of nitrogens with one attached hydrogen (secondary N) is 2. The zero-order valence-corrected chi connectivity index (χ0v) is 14.9. The first-order valence-electron chi connectivity index (χ1n) is 7.01. The Hall–Kier alpha value is -2.42.